The van der Waals surface area contributed by atoms with Gasteiger partial charge in [-0.3, -0.25) is 4.79 Å². The molecular weight excluding hydrogens is 224 g/mol. The van der Waals surface area contributed by atoms with Gasteiger partial charge < -0.3 is 15.5 Å². The van der Waals surface area contributed by atoms with Crippen molar-refractivity contribution in [3.63, 3.8) is 0 Å². The molecule has 2 N–H and O–H groups in total. The van der Waals surface area contributed by atoms with Crippen molar-refractivity contribution in [2.75, 3.05) is 31.6 Å². The summed E-state index contributed by atoms with van der Waals surface area (Å²) in [6.45, 7) is 4.03. The second-order valence-corrected chi connectivity index (χ2v) is 4.67. The number of amides is 1. The van der Waals surface area contributed by atoms with E-state index in [0.717, 1.165) is 17.4 Å². The summed E-state index contributed by atoms with van der Waals surface area (Å²) < 4.78 is 0. The van der Waals surface area contributed by atoms with Crippen molar-refractivity contribution in [2.45, 2.75) is 13.0 Å². The summed E-state index contributed by atoms with van der Waals surface area (Å²) in [5.41, 5.74) is 1.04. The molecule has 0 aliphatic carbocycles. The van der Waals surface area contributed by atoms with Gasteiger partial charge in [-0.2, -0.15) is 0 Å². The lowest BCUT2D eigenvalue weighted by Crippen LogP contribution is -2.47. The summed E-state index contributed by atoms with van der Waals surface area (Å²) in [6, 6.07) is 0.253. The van der Waals surface area contributed by atoms with Gasteiger partial charge in [-0.1, -0.05) is 0 Å². The Bertz CT molecular complexity index is 379. The summed E-state index contributed by atoms with van der Waals surface area (Å²) >= 11 is 1.60. The van der Waals surface area contributed by atoms with Crippen molar-refractivity contribution in [2.24, 2.45) is 0 Å². The number of carbonyl (C=O) groups is 1. The predicted octanol–water partition coefficient (Wildman–Crippen LogP) is 0.360. The minimum Gasteiger partial charge on any atom is -0.353 e. The topological polar surface area (TPSA) is 57.3 Å². The minimum absolute atomic E-state index is 0.0738. The van der Waals surface area contributed by atoms with Gasteiger partial charge in [-0.05, 0) is 14.0 Å². The number of anilines is 1. The zero-order valence-electron chi connectivity index (χ0n) is 9.49. The van der Waals surface area contributed by atoms with Crippen LogP contribution in [0.5, 0.6) is 0 Å². The molecule has 1 aromatic heterocycles. The van der Waals surface area contributed by atoms with E-state index >= 15 is 0 Å². The number of hydrogen-bond donors (Lipinski definition) is 2. The lowest BCUT2D eigenvalue weighted by atomic mass is 10.3. The van der Waals surface area contributed by atoms with Gasteiger partial charge in [0, 0.05) is 24.5 Å². The molecule has 1 aliphatic heterocycles. The van der Waals surface area contributed by atoms with E-state index in [2.05, 4.69) is 22.5 Å². The van der Waals surface area contributed by atoms with Crippen molar-refractivity contribution < 1.29 is 4.79 Å². The Labute approximate surface area is 98.9 Å². The molecule has 0 spiro atoms. The molecule has 5 nitrogen and oxygen atoms in total. The van der Waals surface area contributed by atoms with Crippen molar-refractivity contribution in [1.29, 1.82) is 0 Å². The zero-order valence-corrected chi connectivity index (χ0v) is 10.3. The normalized spacial score (nSPS) is 18.4. The van der Waals surface area contributed by atoms with Crippen LogP contribution in [-0.2, 0) is 4.79 Å². The number of nitrogens with zero attached hydrogens (tertiary/aromatic N) is 2. The third-order valence-corrected chi connectivity index (χ3v) is 3.62. The number of aromatic nitrogens is 1. The highest BCUT2D eigenvalue weighted by Crippen LogP contribution is 2.24. The van der Waals surface area contributed by atoms with Crippen LogP contribution < -0.4 is 15.5 Å². The molecule has 88 valence electrons. The maximum absolute atomic E-state index is 11.3. The van der Waals surface area contributed by atoms with E-state index in [9.17, 15) is 4.79 Å². The monoisotopic (exact) mass is 240 g/mol. The first kappa shape index (κ1) is 11.3. The Balaban J connectivity index is 2.09. The number of carbonyl (C=O) groups excluding carboxylic acids is 1. The van der Waals surface area contributed by atoms with Crippen LogP contribution in [0.1, 0.15) is 18.7 Å². The van der Waals surface area contributed by atoms with Crippen LogP contribution in [0.4, 0.5) is 5.13 Å². The first-order valence-corrected chi connectivity index (χ1v) is 6.23. The molecule has 16 heavy (non-hydrogen) atoms. The molecule has 0 bridgehead atoms. The lowest BCUT2D eigenvalue weighted by molar-refractivity contribution is -0.120. The highest BCUT2D eigenvalue weighted by Gasteiger charge is 2.19. The Morgan fingerprint density at radius 3 is 3.19 bits per heavy atom. The van der Waals surface area contributed by atoms with Crippen molar-refractivity contribution >= 4 is 22.4 Å². The molecule has 1 amide bonds. The van der Waals surface area contributed by atoms with Crippen molar-refractivity contribution in [1.82, 2.24) is 15.6 Å². The molecule has 1 saturated heterocycles. The second-order valence-electron chi connectivity index (χ2n) is 3.84. The SMILES string of the molecule is CNC(C)c1csc(N2CCNC(=O)C2)n1. The number of thiazole rings is 1. The van der Waals surface area contributed by atoms with Crippen LogP contribution >= 0.6 is 11.3 Å². The quantitative estimate of drug-likeness (QED) is 0.801. The molecule has 1 fully saturated rings. The molecule has 0 radical (unpaired) electrons. The molecule has 1 unspecified atom stereocenters. The number of piperazine rings is 1. The molecule has 2 rings (SSSR count). The first-order chi connectivity index (χ1) is 7.70. The van der Waals surface area contributed by atoms with Crippen LogP contribution in [0.2, 0.25) is 0 Å². The van der Waals surface area contributed by atoms with Gasteiger partial charge in [-0.15, -0.1) is 11.3 Å². The predicted molar refractivity (Wildman–Crippen MR) is 64.8 cm³/mol. The van der Waals surface area contributed by atoms with E-state index in [1.165, 1.54) is 0 Å². The fourth-order valence-corrected chi connectivity index (χ4v) is 2.52. The second kappa shape index (κ2) is 4.80. The zero-order chi connectivity index (χ0) is 11.5. The third kappa shape index (κ3) is 2.33. The number of nitrogens with one attached hydrogen (secondary N) is 2. The van der Waals surface area contributed by atoms with Crippen LogP contribution in [0, 0.1) is 0 Å². The Kier molecular flexibility index (Phi) is 3.40. The van der Waals surface area contributed by atoms with E-state index in [4.69, 9.17) is 0 Å². The van der Waals surface area contributed by atoms with Crippen molar-refractivity contribution in [3.8, 4) is 0 Å². The number of rotatable bonds is 3. The Morgan fingerprint density at radius 2 is 2.50 bits per heavy atom. The summed E-state index contributed by atoms with van der Waals surface area (Å²) in [5.74, 6) is 0.0738. The van der Waals surface area contributed by atoms with Gasteiger partial charge in [0.05, 0.1) is 12.2 Å². The molecule has 1 atom stereocenters. The smallest absolute Gasteiger partial charge is 0.239 e. The van der Waals surface area contributed by atoms with Gasteiger partial charge in [0.15, 0.2) is 5.13 Å². The first-order valence-electron chi connectivity index (χ1n) is 5.35. The van der Waals surface area contributed by atoms with E-state index in [0.29, 0.717) is 13.1 Å². The molecule has 6 heteroatoms. The number of hydrogen-bond acceptors (Lipinski definition) is 5. The van der Waals surface area contributed by atoms with Crippen molar-refractivity contribution in [3.05, 3.63) is 11.1 Å². The summed E-state index contributed by atoms with van der Waals surface area (Å²) in [4.78, 5) is 17.8. The minimum atomic E-state index is 0.0738. The highest BCUT2D eigenvalue weighted by molar-refractivity contribution is 7.13. The average Bonchev–Trinajstić information content (AvgIpc) is 2.77. The molecular formula is C10H16N4OS. The van der Waals surface area contributed by atoms with Crippen LogP contribution in [-0.4, -0.2) is 37.6 Å². The Morgan fingerprint density at radius 1 is 1.69 bits per heavy atom. The molecule has 1 aliphatic rings. The van der Waals surface area contributed by atoms with Gasteiger partial charge in [0.1, 0.15) is 0 Å². The molecule has 1 aromatic rings. The third-order valence-electron chi connectivity index (χ3n) is 2.70. The van der Waals surface area contributed by atoms with Gasteiger partial charge in [0.25, 0.3) is 0 Å². The summed E-state index contributed by atoms with van der Waals surface area (Å²) in [5, 5.41) is 8.94. The maximum atomic E-state index is 11.3. The fraction of sp³-hybridized carbons (Fsp3) is 0.600. The lowest BCUT2D eigenvalue weighted by Gasteiger charge is -2.25. The van der Waals surface area contributed by atoms with Crippen LogP contribution in [0.25, 0.3) is 0 Å². The van der Waals surface area contributed by atoms with E-state index in [1.54, 1.807) is 11.3 Å². The molecule has 0 aromatic carbocycles. The highest BCUT2D eigenvalue weighted by atomic mass is 32.1. The Hall–Kier alpha value is -1.14. The average molecular weight is 240 g/mol. The summed E-state index contributed by atoms with van der Waals surface area (Å²) in [6.07, 6.45) is 0. The van der Waals surface area contributed by atoms with Gasteiger partial charge in [-0.25, -0.2) is 4.98 Å². The molecule has 2 heterocycles. The van der Waals surface area contributed by atoms with Crippen LogP contribution in [0.3, 0.4) is 0 Å². The summed E-state index contributed by atoms with van der Waals surface area (Å²) in [7, 11) is 1.91. The fourth-order valence-electron chi connectivity index (χ4n) is 1.57. The van der Waals surface area contributed by atoms with E-state index < -0.39 is 0 Å². The largest absolute Gasteiger partial charge is 0.353 e. The van der Waals surface area contributed by atoms with Crippen LogP contribution in [0.15, 0.2) is 5.38 Å². The van der Waals surface area contributed by atoms with Gasteiger partial charge in [0.2, 0.25) is 5.91 Å². The molecule has 0 saturated carbocycles. The standard InChI is InChI=1S/C10H16N4OS/c1-7(11-2)8-6-16-10(13-8)14-4-3-12-9(15)5-14/h6-7,11H,3-5H2,1-2H3,(H,12,15). The van der Waals surface area contributed by atoms with E-state index in [-0.39, 0.29) is 11.9 Å². The van der Waals surface area contributed by atoms with E-state index in [1.807, 2.05) is 17.3 Å². The van der Waals surface area contributed by atoms with Gasteiger partial charge >= 0.3 is 0 Å². The maximum Gasteiger partial charge on any atom is 0.239 e.